The average molecular weight is 334 g/mol. The number of piperidine rings is 1. The van der Waals surface area contributed by atoms with E-state index >= 15 is 0 Å². The van der Waals surface area contributed by atoms with Crippen molar-refractivity contribution in [2.45, 2.75) is 38.7 Å². The lowest BCUT2D eigenvalue weighted by molar-refractivity contribution is -0.129. The molecule has 2 heterocycles. The number of nitrogens with zero attached hydrogens (tertiary/aromatic N) is 1. The molecule has 0 saturated carbocycles. The minimum Gasteiger partial charge on any atom is -0.486 e. The number of ether oxygens (including phenoxy) is 1. The number of likely N-dealkylation sites (tertiary alicyclic amines) is 1. The fourth-order valence-corrected chi connectivity index (χ4v) is 3.44. The van der Waals surface area contributed by atoms with Gasteiger partial charge in [0.1, 0.15) is 11.4 Å². The van der Waals surface area contributed by atoms with E-state index in [0.717, 1.165) is 5.56 Å². The maximum Gasteiger partial charge on any atom is 0.246 e. The SMILES string of the molecule is C/C=C/C(=O)N1CCC2(CC1)CC(=O)c1cc(Cl)c(C)cc1O2. The minimum absolute atomic E-state index is 0.0208. The van der Waals surface area contributed by atoms with E-state index in [1.807, 2.05) is 24.8 Å². The normalized spacial score (nSPS) is 19.8. The molecule has 0 N–H and O–H groups in total. The van der Waals surface area contributed by atoms with Crippen molar-refractivity contribution >= 4 is 23.3 Å². The van der Waals surface area contributed by atoms with Gasteiger partial charge in [0.15, 0.2) is 5.78 Å². The van der Waals surface area contributed by atoms with E-state index in [0.29, 0.717) is 48.7 Å². The zero-order valence-electron chi connectivity index (χ0n) is 13.4. The van der Waals surface area contributed by atoms with Crippen LogP contribution in [0.5, 0.6) is 5.75 Å². The molecule has 0 aliphatic carbocycles. The Labute approximate surface area is 141 Å². The van der Waals surface area contributed by atoms with Crippen LogP contribution < -0.4 is 4.74 Å². The van der Waals surface area contributed by atoms with E-state index in [2.05, 4.69) is 0 Å². The highest BCUT2D eigenvalue weighted by Gasteiger charge is 2.43. The average Bonchev–Trinajstić information content (AvgIpc) is 2.50. The molecule has 1 amide bonds. The van der Waals surface area contributed by atoms with Crippen LogP contribution in [0.2, 0.25) is 5.02 Å². The van der Waals surface area contributed by atoms with Gasteiger partial charge in [-0.25, -0.2) is 0 Å². The molecule has 3 rings (SSSR count). The third-order valence-electron chi connectivity index (χ3n) is 4.67. The lowest BCUT2D eigenvalue weighted by Gasteiger charge is -2.43. The van der Waals surface area contributed by atoms with Crippen LogP contribution in [0.3, 0.4) is 0 Å². The summed E-state index contributed by atoms with van der Waals surface area (Å²) >= 11 is 6.11. The Morgan fingerprint density at radius 3 is 2.70 bits per heavy atom. The molecule has 2 aliphatic rings. The molecule has 5 heteroatoms. The first-order valence-corrected chi connectivity index (χ1v) is 8.26. The molecule has 1 spiro atoms. The minimum atomic E-state index is -0.489. The molecular weight excluding hydrogens is 314 g/mol. The van der Waals surface area contributed by atoms with Crippen LogP contribution in [0.15, 0.2) is 24.3 Å². The largest absolute Gasteiger partial charge is 0.486 e. The second kappa shape index (κ2) is 6.00. The lowest BCUT2D eigenvalue weighted by atomic mass is 9.82. The summed E-state index contributed by atoms with van der Waals surface area (Å²) in [5, 5.41) is 0.586. The molecule has 4 nitrogen and oxygen atoms in total. The summed E-state index contributed by atoms with van der Waals surface area (Å²) in [4.78, 5) is 26.2. The van der Waals surface area contributed by atoms with Crippen LogP contribution in [-0.4, -0.2) is 35.3 Å². The van der Waals surface area contributed by atoms with E-state index < -0.39 is 5.60 Å². The second-order valence-electron chi connectivity index (χ2n) is 6.31. The Morgan fingerprint density at radius 1 is 1.35 bits per heavy atom. The maximum atomic E-state index is 12.5. The summed E-state index contributed by atoms with van der Waals surface area (Å²) in [5.74, 6) is 0.713. The van der Waals surface area contributed by atoms with Gasteiger partial charge >= 0.3 is 0 Å². The van der Waals surface area contributed by atoms with Gasteiger partial charge in [0.05, 0.1) is 12.0 Å². The maximum absolute atomic E-state index is 12.5. The Hall–Kier alpha value is -1.81. The quantitative estimate of drug-likeness (QED) is 0.738. The van der Waals surface area contributed by atoms with Gasteiger partial charge in [0, 0.05) is 31.0 Å². The molecule has 1 saturated heterocycles. The smallest absolute Gasteiger partial charge is 0.246 e. The molecule has 0 radical (unpaired) electrons. The molecule has 1 aromatic carbocycles. The fraction of sp³-hybridized carbons (Fsp3) is 0.444. The first-order valence-electron chi connectivity index (χ1n) is 7.88. The first-order chi connectivity index (χ1) is 10.9. The molecule has 1 aromatic rings. The molecule has 0 atom stereocenters. The van der Waals surface area contributed by atoms with Crippen LogP contribution in [0, 0.1) is 6.92 Å². The van der Waals surface area contributed by atoms with Crippen molar-refractivity contribution in [3.05, 3.63) is 40.4 Å². The van der Waals surface area contributed by atoms with Crippen molar-refractivity contribution in [2.75, 3.05) is 13.1 Å². The summed E-state index contributed by atoms with van der Waals surface area (Å²) < 4.78 is 6.22. The van der Waals surface area contributed by atoms with Gasteiger partial charge in [-0.15, -0.1) is 0 Å². The third kappa shape index (κ3) is 3.00. The number of carbonyl (C=O) groups is 2. The number of allylic oxidation sites excluding steroid dienone is 1. The van der Waals surface area contributed by atoms with E-state index in [9.17, 15) is 9.59 Å². The number of amides is 1. The van der Waals surface area contributed by atoms with Gasteiger partial charge in [-0.05, 0) is 37.6 Å². The number of rotatable bonds is 1. The number of halogens is 1. The predicted molar refractivity (Wildman–Crippen MR) is 89.1 cm³/mol. The number of hydrogen-bond donors (Lipinski definition) is 0. The van der Waals surface area contributed by atoms with Gasteiger partial charge < -0.3 is 9.64 Å². The van der Waals surface area contributed by atoms with E-state index in [1.165, 1.54) is 0 Å². The Bertz CT molecular complexity index is 688. The van der Waals surface area contributed by atoms with Crippen molar-refractivity contribution in [2.24, 2.45) is 0 Å². The van der Waals surface area contributed by atoms with E-state index in [1.54, 1.807) is 18.2 Å². The number of ketones is 1. The molecular formula is C18H20ClNO3. The summed E-state index contributed by atoms with van der Waals surface area (Å²) in [5.41, 5.74) is 0.978. The van der Waals surface area contributed by atoms with Crippen LogP contribution in [0.25, 0.3) is 0 Å². The van der Waals surface area contributed by atoms with Crippen molar-refractivity contribution in [1.82, 2.24) is 4.90 Å². The highest BCUT2D eigenvalue weighted by molar-refractivity contribution is 6.31. The van der Waals surface area contributed by atoms with Crippen molar-refractivity contribution < 1.29 is 14.3 Å². The Morgan fingerprint density at radius 2 is 2.04 bits per heavy atom. The molecule has 1 fully saturated rings. The van der Waals surface area contributed by atoms with Crippen LogP contribution >= 0.6 is 11.6 Å². The molecule has 0 aromatic heterocycles. The fourth-order valence-electron chi connectivity index (χ4n) is 3.28. The Balaban J connectivity index is 1.80. The summed E-state index contributed by atoms with van der Waals surface area (Å²) in [6.07, 6.45) is 5.01. The molecule has 122 valence electrons. The second-order valence-corrected chi connectivity index (χ2v) is 6.72. The first kappa shape index (κ1) is 16.1. The number of aryl methyl sites for hydroxylation is 1. The van der Waals surface area contributed by atoms with Gasteiger partial charge in [-0.3, -0.25) is 9.59 Å². The number of hydrogen-bond acceptors (Lipinski definition) is 3. The van der Waals surface area contributed by atoms with Gasteiger partial charge in [-0.1, -0.05) is 17.7 Å². The van der Waals surface area contributed by atoms with Gasteiger partial charge in [-0.2, -0.15) is 0 Å². The van der Waals surface area contributed by atoms with Crippen molar-refractivity contribution in [1.29, 1.82) is 0 Å². The van der Waals surface area contributed by atoms with Crippen molar-refractivity contribution in [3.63, 3.8) is 0 Å². The molecule has 0 bridgehead atoms. The third-order valence-corrected chi connectivity index (χ3v) is 5.07. The number of benzene rings is 1. The molecule has 2 aliphatic heterocycles. The van der Waals surface area contributed by atoms with Gasteiger partial charge in [0.2, 0.25) is 5.91 Å². The topological polar surface area (TPSA) is 46.6 Å². The van der Waals surface area contributed by atoms with Crippen LogP contribution in [0.4, 0.5) is 0 Å². The van der Waals surface area contributed by atoms with E-state index in [-0.39, 0.29) is 11.7 Å². The van der Waals surface area contributed by atoms with Gasteiger partial charge in [0.25, 0.3) is 0 Å². The summed E-state index contributed by atoms with van der Waals surface area (Å²) in [6.45, 7) is 4.95. The molecule has 0 unspecified atom stereocenters. The van der Waals surface area contributed by atoms with Crippen molar-refractivity contribution in [3.8, 4) is 5.75 Å². The lowest BCUT2D eigenvalue weighted by Crippen LogP contribution is -2.52. The highest BCUT2D eigenvalue weighted by Crippen LogP contribution is 2.41. The zero-order valence-corrected chi connectivity index (χ0v) is 14.2. The standard InChI is InChI=1S/C18H20ClNO3/c1-3-4-17(22)20-7-5-18(6-8-20)11-15(21)13-10-14(19)12(2)9-16(13)23-18/h3-4,9-10H,5-8,11H2,1-2H3/b4-3+. The number of Topliss-reactive ketones (excluding diaryl/α,β-unsaturated/α-hetero) is 1. The summed E-state index contributed by atoms with van der Waals surface area (Å²) in [7, 11) is 0. The number of fused-ring (bicyclic) bond motifs is 1. The predicted octanol–water partition coefficient (Wildman–Crippen LogP) is 3.55. The number of carbonyl (C=O) groups excluding carboxylic acids is 2. The zero-order chi connectivity index (χ0) is 16.6. The highest BCUT2D eigenvalue weighted by atomic mass is 35.5. The van der Waals surface area contributed by atoms with Crippen LogP contribution in [-0.2, 0) is 4.79 Å². The van der Waals surface area contributed by atoms with E-state index in [4.69, 9.17) is 16.3 Å². The van der Waals surface area contributed by atoms with Crippen LogP contribution in [0.1, 0.15) is 42.1 Å². The monoisotopic (exact) mass is 333 g/mol. The summed E-state index contributed by atoms with van der Waals surface area (Å²) in [6, 6.07) is 3.54. The molecule has 23 heavy (non-hydrogen) atoms. The Kier molecular flexibility index (Phi) is 4.19.